The number of amides is 1. The molecular formula is C22H29N3O3S. The minimum absolute atomic E-state index is 0.0203. The van der Waals surface area contributed by atoms with Crippen LogP contribution in [0.1, 0.15) is 30.5 Å². The Morgan fingerprint density at radius 2 is 1.83 bits per heavy atom. The number of likely N-dealkylation sites (tertiary alicyclic amines) is 1. The normalized spacial score (nSPS) is 18.4. The summed E-state index contributed by atoms with van der Waals surface area (Å²) in [5, 5.41) is 3.02. The van der Waals surface area contributed by atoms with Crippen LogP contribution in [0.3, 0.4) is 0 Å². The number of hydrogen-bond donors (Lipinski definition) is 1. The predicted octanol–water partition coefficient (Wildman–Crippen LogP) is 2.71. The lowest BCUT2D eigenvalue weighted by atomic mass is 10.1. The van der Waals surface area contributed by atoms with E-state index in [1.807, 2.05) is 37.3 Å². The maximum atomic E-state index is 12.7. The van der Waals surface area contributed by atoms with Crippen molar-refractivity contribution in [1.29, 1.82) is 0 Å². The van der Waals surface area contributed by atoms with E-state index in [9.17, 15) is 13.2 Å². The third kappa shape index (κ3) is 5.36. The molecule has 2 aromatic carbocycles. The fraction of sp³-hybridized carbons (Fsp3) is 0.409. The van der Waals surface area contributed by atoms with Crippen molar-refractivity contribution in [2.24, 2.45) is 0 Å². The lowest BCUT2D eigenvalue weighted by Gasteiger charge is -2.26. The first kappa shape index (κ1) is 21.3. The van der Waals surface area contributed by atoms with Crippen LogP contribution in [0.15, 0.2) is 54.6 Å². The molecule has 1 aliphatic heterocycles. The van der Waals surface area contributed by atoms with Gasteiger partial charge in [0.15, 0.2) is 0 Å². The van der Waals surface area contributed by atoms with Crippen LogP contribution in [-0.2, 0) is 14.8 Å². The molecule has 0 saturated carbocycles. The predicted molar refractivity (Wildman–Crippen MR) is 116 cm³/mol. The van der Waals surface area contributed by atoms with Crippen molar-refractivity contribution in [3.8, 4) is 0 Å². The van der Waals surface area contributed by atoms with E-state index >= 15 is 0 Å². The summed E-state index contributed by atoms with van der Waals surface area (Å²) >= 11 is 0. The molecule has 1 heterocycles. The maximum Gasteiger partial charge on any atom is 0.241 e. The summed E-state index contributed by atoms with van der Waals surface area (Å²) < 4.78 is 25.8. The van der Waals surface area contributed by atoms with E-state index in [-0.39, 0.29) is 24.5 Å². The highest BCUT2D eigenvalue weighted by molar-refractivity contribution is 7.92. The first-order valence-corrected chi connectivity index (χ1v) is 11.7. The van der Waals surface area contributed by atoms with Crippen LogP contribution in [0.5, 0.6) is 0 Å². The number of carbonyl (C=O) groups excluding carboxylic acids is 1. The molecule has 0 aromatic heterocycles. The van der Waals surface area contributed by atoms with Gasteiger partial charge in [0.2, 0.25) is 15.9 Å². The summed E-state index contributed by atoms with van der Waals surface area (Å²) in [5.74, 6) is -0.280. The molecule has 1 aliphatic rings. The third-order valence-electron chi connectivity index (χ3n) is 5.49. The zero-order chi connectivity index (χ0) is 21.0. The van der Waals surface area contributed by atoms with E-state index < -0.39 is 10.0 Å². The fourth-order valence-corrected chi connectivity index (χ4v) is 4.74. The van der Waals surface area contributed by atoms with Gasteiger partial charge in [-0.1, -0.05) is 48.5 Å². The highest BCUT2D eigenvalue weighted by Crippen LogP contribution is 2.25. The van der Waals surface area contributed by atoms with Crippen LogP contribution in [-0.4, -0.2) is 51.2 Å². The second-order valence-electron chi connectivity index (χ2n) is 7.69. The molecule has 0 aliphatic carbocycles. The SMILES string of the molecule is Cc1ccccc1N(CC(=O)NC1CCN(C(C)c2ccccc2)C1)S(C)(=O)=O. The zero-order valence-corrected chi connectivity index (χ0v) is 18.0. The van der Waals surface area contributed by atoms with E-state index in [0.717, 1.165) is 31.3 Å². The van der Waals surface area contributed by atoms with Gasteiger partial charge in [-0.2, -0.15) is 0 Å². The van der Waals surface area contributed by atoms with Crippen molar-refractivity contribution in [3.63, 3.8) is 0 Å². The van der Waals surface area contributed by atoms with Gasteiger partial charge in [0.05, 0.1) is 11.9 Å². The van der Waals surface area contributed by atoms with Crippen LogP contribution < -0.4 is 9.62 Å². The number of rotatable bonds is 7. The van der Waals surface area contributed by atoms with Crippen LogP contribution >= 0.6 is 0 Å². The van der Waals surface area contributed by atoms with Crippen molar-refractivity contribution < 1.29 is 13.2 Å². The van der Waals surface area contributed by atoms with E-state index in [4.69, 9.17) is 0 Å². The van der Waals surface area contributed by atoms with E-state index in [2.05, 4.69) is 29.3 Å². The molecule has 29 heavy (non-hydrogen) atoms. The molecule has 0 radical (unpaired) electrons. The summed E-state index contributed by atoms with van der Waals surface area (Å²) in [4.78, 5) is 15.0. The van der Waals surface area contributed by atoms with Crippen molar-refractivity contribution >= 4 is 21.6 Å². The standard InChI is InChI=1S/C22H29N3O3S/c1-17-9-7-8-12-21(17)25(29(3,27)28)16-22(26)23-20-13-14-24(15-20)18(2)19-10-5-4-6-11-19/h4-12,18,20H,13-16H2,1-3H3,(H,23,26). The van der Waals surface area contributed by atoms with E-state index in [1.165, 1.54) is 9.87 Å². The van der Waals surface area contributed by atoms with Crippen LogP contribution in [0.2, 0.25) is 0 Å². The molecule has 1 amide bonds. The number of nitrogens with zero attached hydrogens (tertiary/aromatic N) is 2. The quantitative estimate of drug-likeness (QED) is 0.755. The average molecular weight is 416 g/mol. The summed E-state index contributed by atoms with van der Waals surface area (Å²) in [7, 11) is -3.57. The van der Waals surface area contributed by atoms with Gasteiger partial charge in [-0.05, 0) is 37.5 Å². The number of para-hydroxylation sites is 1. The number of carbonyl (C=O) groups is 1. The van der Waals surface area contributed by atoms with Gasteiger partial charge in [-0.15, -0.1) is 0 Å². The lowest BCUT2D eigenvalue weighted by Crippen LogP contribution is -2.45. The molecule has 7 heteroatoms. The van der Waals surface area contributed by atoms with Crippen molar-refractivity contribution in [1.82, 2.24) is 10.2 Å². The second-order valence-corrected chi connectivity index (χ2v) is 9.60. The number of benzene rings is 2. The molecular weight excluding hydrogens is 386 g/mol. The Bertz CT molecular complexity index is 947. The smallest absolute Gasteiger partial charge is 0.241 e. The number of nitrogens with one attached hydrogen (secondary N) is 1. The molecule has 6 nitrogen and oxygen atoms in total. The fourth-order valence-electron chi connectivity index (χ4n) is 3.83. The summed E-state index contributed by atoms with van der Waals surface area (Å²) in [5.41, 5.74) is 2.60. The number of aryl methyl sites for hydroxylation is 1. The average Bonchev–Trinajstić information content (AvgIpc) is 3.14. The monoisotopic (exact) mass is 415 g/mol. The van der Waals surface area contributed by atoms with Crippen LogP contribution in [0.4, 0.5) is 5.69 Å². The van der Waals surface area contributed by atoms with Gasteiger partial charge >= 0.3 is 0 Å². The molecule has 2 aromatic rings. The second kappa shape index (κ2) is 8.97. The van der Waals surface area contributed by atoms with Gasteiger partial charge in [0.25, 0.3) is 0 Å². The Labute approximate surface area is 173 Å². The number of hydrogen-bond acceptors (Lipinski definition) is 4. The Morgan fingerprint density at radius 3 is 2.48 bits per heavy atom. The number of sulfonamides is 1. The van der Waals surface area contributed by atoms with E-state index in [0.29, 0.717) is 5.69 Å². The highest BCUT2D eigenvalue weighted by atomic mass is 32.2. The maximum absolute atomic E-state index is 12.7. The van der Waals surface area contributed by atoms with E-state index in [1.54, 1.807) is 12.1 Å². The third-order valence-corrected chi connectivity index (χ3v) is 6.61. The Hall–Kier alpha value is -2.38. The van der Waals surface area contributed by atoms with Crippen molar-refractivity contribution in [2.45, 2.75) is 32.4 Å². The molecule has 1 fully saturated rings. The minimum atomic E-state index is -3.57. The molecule has 0 spiro atoms. The van der Waals surface area contributed by atoms with Gasteiger partial charge < -0.3 is 5.32 Å². The summed E-state index contributed by atoms with van der Waals surface area (Å²) in [6.45, 7) is 5.45. The van der Waals surface area contributed by atoms with Gasteiger partial charge in [-0.25, -0.2) is 8.42 Å². The van der Waals surface area contributed by atoms with Gasteiger partial charge in [-0.3, -0.25) is 14.0 Å². The summed E-state index contributed by atoms with van der Waals surface area (Å²) in [6.07, 6.45) is 1.98. The molecule has 2 atom stereocenters. The number of anilines is 1. The lowest BCUT2D eigenvalue weighted by molar-refractivity contribution is -0.120. The topological polar surface area (TPSA) is 69.7 Å². The molecule has 1 saturated heterocycles. The molecule has 2 unspecified atom stereocenters. The first-order valence-electron chi connectivity index (χ1n) is 9.87. The Kier molecular flexibility index (Phi) is 6.59. The van der Waals surface area contributed by atoms with Gasteiger partial charge in [0.1, 0.15) is 6.54 Å². The van der Waals surface area contributed by atoms with Crippen LogP contribution in [0, 0.1) is 6.92 Å². The van der Waals surface area contributed by atoms with Crippen LogP contribution in [0.25, 0.3) is 0 Å². The molecule has 156 valence electrons. The van der Waals surface area contributed by atoms with Crippen molar-refractivity contribution in [2.75, 3.05) is 30.2 Å². The summed E-state index contributed by atoms with van der Waals surface area (Å²) in [6, 6.07) is 17.8. The molecule has 0 bridgehead atoms. The largest absolute Gasteiger partial charge is 0.350 e. The molecule has 1 N–H and O–H groups in total. The van der Waals surface area contributed by atoms with Gasteiger partial charge in [0, 0.05) is 25.2 Å². The highest BCUT2D eigenvalue weighted by Gasteiger charge is 2.29. The first-order chi connectivity index (χ1) is 13.8. The molecule has 3 rings (SSSR count). The minimum Gasteiger partial charge on any atom is -0.350 e. The Morgan fingerprint density at radius 1 is 1.17 bits per heavy atom. The Balaban J connectivity index is 1.62. The zero-order valence-electron chi connectivity index (χ0n) is 17.2. The van der Waals surface area contributed by atoms with Crippen molar-refractivity contribution in [3.05, 3.63) is 65.7 Å².